The van der Waals surface area contributed by atoms with E-state index in [0.29, 0.717) is 13.2 Å². The zero-order chi connectivity index (χ0) is 13.4. The summed E-state index contributed by atoms with van der Waals surface area (Å²) in [5.41, 5.74) is 2.04. The maximum Gasteiger partial charge on any atom is 0.182 e. The van der Waals surface area contributed by atoms with Crippen molar-refractivity contribution in [1.82, 2.24) is 9.97 Å². The van der Waals surface area contributed by atoms with Gasteiger partial charge in [-0.25, -0.2) is 4.98 Å². The quantitative estimate of drug-likeness (QED) is 0.724. The molecular formula is C14H10N2O2S2. The van der Waals surface area contributed by atoms with Gasteiger partial charge in [-0.1, -0.05) is 0 Å². The van der Waals surface area contributed by atoms with Gasteiger partial charge in [0.2, 0.25) is 0 Å². The van der Waals surface area contributed by atoms with Crippen LogP contribution in [0.1, 0.15) is 0 Å². The second-order valence-electron chi connectivity index (χ2n) is 4.23. The van der Waals surface area contributed by atoms with Crippen LogP contribution in [0.15, 0.2) is 35.3 Å². The van der Waals surface area contributed by atoms with Crippen molar-refractivity contribution in [3.63, 3.8) is 0 Å². The minimum atomic E-state index is 0.597. The van der Waals surface area contributed by atoms with Crippen molar-refractivity contribution in [3.8, 4) is 32.6 Å². The first-order valence-corrected chi connectivity index (χ1v) is 7.91. The van der Waals surface area contributed by atoms with Crippen molar-refractivity contribution in [2.45, 2.75) is 0 Å². The molecule has 0 unspecified atom stereocenters. The van der Waals surface area contributed by atoms with E-state index < -0.39 is 0 Å². The van der Waals surface area contributed by atoms with E-state index >= 15 is 0 Å². The molecule has 0 amide bonds. The van der Waals surface area contributed by atoms with Gasteiger partial charge in [-0.05, 0) is 12.1 Å². The van der Waals surface area contributed by atoms with Crippen molar-refractivity contribution >= 4 is 22.7 Å². The molecule has 100 valence electrons. The van der Waals surface area contributed by atoms with Gasteiger partial charge in [0.25, 0.3) is 0 Å². The van der Waals surface area contributed by atoms with Gasteiger partial charge in [0.15, 0.2) is 11.5 Å². The zero-order valence-corrected chi connectivity index (χ0v) is 12.0. The maximum absolute atomic E-state index is 5.71. The Morgan fingerprint density at radius 3 is 2.75 bits per heavy atom. The molecule has 20 heavy (non-hydrogen) atoms. The molecular weight excluding hydrogens is 292 g/mol. The number of hydrogen-bond acceptors (Lipinski definition) is 6. The molecule has 0 bridgehead atoms. The number of fused-ring (bicyclic) bond motifs is 1. The van der Waals surface area contributed by atoms with Crippen LogP contribution in [-0.2, 0) is 0 Å². The van der Waals surface area contributed by atoms with Crippen LogP contribution in [0.4, 0.5) is 0 Å². The molecule has 0 atom stereocenters. The summed E-state index contributed by atoms with van der Waals surface area (Å²) in [6.07, 6.45) is 3.55. The molecule has 3 aromatic rings. The molecule has 0 aliphatic carbocycles. The molecule has 1 aliphatic rings. The van der Waals surface area contributed by atoms with Crippen LogP contribution in [0.2, 0.25) is 0 Å². The van der Waals surface area contributed by atoms with Gasteiger partial charge in [-0.15, -0.1) is 22.7 Å². The Hall–Kier alpha value is -1.92. The number of nitrogens with zero attached hydrogens (tertiary/aromatic N) is 2. The largest absolute Gasteiger partial charge is 0.485 e. The molecule has 4 nitrogen and oxygen atoms in total. The van der Waals surface area contributed by atoms with E-state index in [0.717, 1.165) is 32.6 Å². The van der Waals surface area contributed by atoms with Crippen LogP contribution in [0.3, 0.4) is 0 Å². The molecule has 3 aromatic heterocycles. The topological polar surface area (TPSA) is 44.2 Å². The van der Waals surface area contributed by atoms with Gasteiger partial charge < -0.3 is 9.47 Å². The molecule has 0 spiro atoms. The van der Waals surface area contributed by atoms with Crippen molar-refractivity contribution in [2.24, 2.45) is 0 Å². The van der Waals surface area contributed by atoms with Crippen molar-refractivity contribution in [3.05, 3.63) is 35.3 Å². The lowest BCUT2D eigenvalue weighted by Crippen LogP contribution is -2.14. The van der Waals surface area contributed by atoms with Gasteiger partial charge >= 0.3 is 0 Å². The number of ether oxygens (including phenoxy) is 2. The molecule has 6 heteroatoms. The molecule has 4 heterocycles. The van der Waals surface area contributed by atoms with Crippen molar-refractivity contribution in [2.75, 3.05) is 13.2 Å². The van der Waals surface area contributed by atoms with Crippen molar-refractivity contribution < 1.29 is 9.47 Å². The first-order valence-electron chi connectivity index (χ1n) is 6.15. The van der Waals surface area contributed by atoms with Gasteiger partial charge in [0.05, 0.1) is 5.69 Å². The van der Waals surface area contributed by atoms with Crippen LogP contribution in [-0.4, -0.2) is 23.2 Å². The average Bonchev–Trinajstić information content (AvgIpc) is 3.14. The van der Waals surface area contributed by atoms with Gasteiger partial charge in [0, 0.05) is 28.7 Å². The summed E-state index contributed by atoms with van der Waals surface area (Å²) in [5, 5.41) is 5.01. The minimum Gasteiger partial charge on any atom is -0.485 e. The van der Waals surface area contributed by atoms with Gasteiger partial charge in [-0.3, -0.25) is 4.98 Å². The van der Waals surface area contributed by atoms with Gasteiger partial charge in [0.1, 0.15) is 23.1 Å². The second-order valence-corrected chi connectivity index (χ2v) is 5.97. The van der Waals surface area contributed by atoms with E-state index in [1.165, 1.54) is 0 Å². The van der Waals surface area contributed by atoms with Crippen LogP contribution in [0.5, 0.6) is 11.5 Å². The van der Waals surface area contributed by atoms with E-state index in [-0.39, 0.29) is 0 Å². The Bertz CT molecular complexity index is 737. The minimum absolute atomic E-state index is 0.597. The molecule has 0 N–H and O–H groups in total. The number of pyridine rings is 1. The number of thiazole rings is 1. The van der Waals surface area contributed by atoms with Gasteiger partial charge in [-0.2, -0.15) is 0 Å². The smallest absolute Gasteiger partial charge is 0.182 e. The summed E-state index contributed by atoms with van der Waals surface area (Å²) in [5.74, 6) is 1.66. The van der Waals surface area contributed by atoms with E-state index in [2.05, 4.69) is 10.4 Å². The third-order valence-corrected chi connectivity index (χ3v) is 4.91. The molecule has 0 fully saturated rings. The van der Waals surface area contributed by atoms with Crippen molar-refractivity contribution in [1.29, 1.82) is 0 Å². The monoisotopic (exact) mass is 302 g/mol. The standard InChI is InChI=1S/C14H10N2O2S2/c1-3-15-4-2-9(1)10-7-20-14(16-10)13-12-11(8-19-13)17-5-6-18-12/h1-4,7-8H,5-6H2. The molecule has 0 radical (unpaired) electrons. The Morgan fingerprint density at radius 1 is 1.00 bits per heavy atom. The molecule has 0 saturated heterocycles. The summed E-state index contributed by atoms with van der Waals surface area (Å²) in [6.45, 7) is 1.21. The summed E-state index contributed by atoms with van der Waals surface area (Å²) >= 11 is 3.23. The highest BCUT2D eigenvalue weighted by Crippen LogP contribution is 2.46. The predicted octanol–water partition coefficient (Wildman–Crippen LogP) is 3.70. The lowest BCUT2D eigenvalue weighted by molar-refractivity contribution is 0.174. The highest BCUT2D eigenvalue weighted by Gasteiger charge is 2.21. The highest BCUT2D eigenvalue weighted by molar-refractivity contribution is 7.20. The Balaban J connectivity index is 1.74. The summed E-state index contributed by atoms with van der Waals surface area (Å²) in [7, 11) is 0. The van der Waals surface area contributed by atoms with Crippen LogP contribution < -0.4 is 9.47 Å². The van der Waals surface area contributed by atoms with Crippen LogP contribution >= 0.6 is 22.7 Å². The SMILES string of the molecule is c1cc(-c2csc(-c3scc4c3OCCO4)n2)ccn1. The highest BCUT2D eigenvalue weighted by atomic mass is 32.1. The van der Waals surface area contributed by atoms with E-state index in [1.54, 1.807) is 35.1 Å². The Kier molecular flexibility index (Phi) is 2.90. The first kappa shape index (κ1) is 11.9. The second kappa shape index (κ2) is 4.88. The molecule has 4 rings (SSSR count). The summed E-state index contributed by atoms with van der Waals surface area (Å²) in [6, 6.07) is 3.92. The fourth-order valence-electron chi connectivity index (χ4n) is 2.04. The molecule has 1 aliphatic heterocycles. The lowest BCUT2D eigenvalue weighted by atomic mass is 10.2. The third-order valence-electron chi connectivity index (χ3n) is 2.98. The normalized spacial score (nSPS) is 13.4. The number of rotatable bonds is 2. The predicted molar refractivity (Wildman–Crippen MR) is 79.6 cm³/mol. The lowest BCUT2D eigenvalue weighted by Gasteiger charge is -2.15. The third kappa shape index (κ3) is 1.97. The van der Waals surface area contributed by atoms with Crippen LogP contribution in [0, 0.1) is 0 Å². The number of aromatic nitrogens is 2. The molecule has 0 aromatic carbocycles. The zero-order valence-electron chi connectivity index (χ0n) is 10.4. The fraction of sp³-hybridized carbons (Fsp3) is 0.143. The van der Waals surface area contributed by atoms with E-state index in [9.17, 15) is 0 Å². The number of hydrogen-bond donors (Lipinski definition) is 0. The maximum atomic E-state index is 5.71. The van der Waals surface area contributed by atoms with Crippen LogP contribution in [0.25, 0.3) is 21.1 Å². The molecule has 0 saturated carbocycles. The van der Waals surface area contributed by atoms with E-state index in [4.69, 9.17) is 14.5 Å². The Morgan fingerprint density at radius 2 is 1.85 bits per heavy atom. The summed E-state index contributed by atoms with van der Waals surface area (Å²) < 4.78 is 11.3. The summed E-state index contributed by atoms with van der Waals surface area (Å²) in [4.78, 5) is 9.77. The first-order chi connectivity index (χ1) is 9.92. The fourth-order valence-corrected chi connectivity index (χ4v) is 3.91. The Labute approximate surface area is 123 Å². The average molecular weight is 302 g/mol. The number of thiophene rings is 1. The van der Waals surface area contributed by atoms with E-state index in [1.807, 2.05) is 17.5 Å².